The normalized spacial score (nSPS) is 18.0. The van der Waals surface area contributed by atoms with Crippen molar-refractivity contribution < 1.29 is 18.5 Å². The Hall–Kier alpha value is -3.03. The minimum atomic E-state index is -0.666. The number of carbonyl (C=O) groups is 2. The van der Waals surface area contributed by atoms with E-state index >= 15 is 0 Å². The molecule has 1 aromatic heterocycles. The molecule has 7 nitrogen and oxygen atoms in total. The van der Waals surface area contributed by atoms with E-state index in [1.807, 2.05) is 0 Å². The van der Waals surface area contributed by atoms with Crippen molar-refractivity contribution in [1.82, 2.24) is 20.4 Å². The number of piperidine rings is 1. The van der Waals surface area contributed by atoms with E-state index in [2.05, 4.69) is 22.0 Å². The molecule has 27 heavy (non-hydrogen) atoms. The van der Waals surface area contributed by atoms with E-state index in [-0.39, 0.29) is 23.5 Å². The zero-order chi connectivity index (χ0) is 19.4. The molecule has 0 saturated carbocycles. The van der Waals surface area contributed by atoms with Gasteiger partial charge in [-0.3, -0.25) is 9.59 Å². The maximum absolute atomic E-state index is 13.3. The Balaban J connectivity index is 1.79. The number of halogens is 1. The van der Waals surface area contributed by atoms with Crippen LogP contribution in [0.3, 0.4) is 0 Å². The highest BCUT2D eigenvalue weighted by Crippen LogP contribution is 2.23. The summed E-state index contributed by atoms with van der Waals surface area (Å²) in [4.78, 5) is 30.5. The third-order valence-electron chi connectivity index (χ3n) is 4.57. The number of aryl methyl sites for hydroxylation is 1. The third kappa shape index (κ3) is 4.39. The molecule has 0 radical (unpaired) electrons. The topological polar surface area (TPSA) is 88.3 Å². The molecule has 8 heteroatoms. The molecule has 0 aliphatic carbocycles. The summed E-state index contributed by atoms with van der Waals surface area (Å²) in [5.74, 6) is -0.462. The average molecular weight is 372 g/mol. The van der Waals surface area contributed by atoms with Gasteiger partial charge in [-0.15, -0.1) is 0 Å². The minimum absolute atomic E-state index is 0.184. The molecule has 2 amide bonds. The van der Waals surface area contributed by atoms with Crippen LogP contribution >= 0.6 is 0 Å². The molecule has 2 aromatic rings. The zero-order valence-corrected chi connectivity index (χ0v) is 15.0. The second-order valence-electron chi connectivity index (χ2n) is 6.49. The van der Waals surface area contributed by atoms with Crippen LogP contribution in [-0.2, 0) is 9.59 Å². The summed E-state index contributed by atoms with van der Waals surface area (Å²) in [5, 5.41) is 6.82. The summed E-state index contributed by atoms with van der Waals surface area (Å²) in [5.41, 5.74) is 0.639. The van der Waals surface area contributed by atoms with Crippen LogP contribution in [0.25, 0.3) is 0 Å². The fraction of sp³-hybridized carbons (Fsp3) is 0.368. The van der Waals surface area contributed by atoms with Crippen molar-refractivity contribution in [3.63, 3.8) is 0 Å². The largest absolute Gasteiger partial charge is 0.342 e. The summed E-state index contributed by atoms with van der Waals surface area (Å²) in [6.45, 7) is 6.09. The van der Waals surface area contributed by atoms with Gasteiger partial charge in [0.05, 0.1) is 5.92 Å². The van der Waals surface area contributed by atoms with Crippen molar-refractivity contribution in [1.29, 1.82) is 0 Å². The first-order chi connectivity index (χ1) is 13.0. The molecule has 1 aromatic carbocycles. The van der Waals surface area contributed by atoms with Gasteiger partial charge in [-0.25, -0.2) is 4.39 Å². The maximum atomic E-state index is 13.3. The van der Waals surface area contributed by atoms with Gasteiger partial charge in [-0.05, 0) is 36.6 Å². The number of aromatic nitrogens is 2. The second-order valence-corrected chi connectivity index (χ2v) is 6.49. The predicted molar refractivity (Wildman–Crippen MR) is 94.9 cm³/mol. The van der Waals surface area contributed by atoms with E-state index in [0.717, 1.165) is 6.42 Å². The first kappa shape index (κ1) is 18.8. The summed E-state index contributed by atoms with van der Waals surface area (Å²) in [7, 11) is 0. The van der Waals surface area contributed by atoms with Crippen LogP contribution in [0.1, 0.15) is 36.2 Å². The van der Waals surface area contributed by atoms with Crippen molar-refractivity contribution in [3.05, 3.63) is 60.0 Å². The molecule has 3 rings (SSSR count). The van der Waals surface area contributed by atoms with Crippen molar-refractivity contribution >= 4 is 11.8 Å². The summed E-state index contributed by atoms with van der Waals surface area (Å²) in [6, 6.07) is 5.10. The van der Waals surface area contributed by atoms with E-state index in [4.69, 9.17) is 4.52 Å². The highest BCUT2D eigenvalue weighted by Gasteiger charge is 2.30. The number of hydrogen-bond acceptors (Lipinski definition) is 5. The van der Waals surface area contributed by atoms with Crippen molar-refractivity contribution in [2.45, 2.75) is 25.8 Å². The molecule has 1 N–H and O–H groups in total. The van der Waals surface area contributed by atoms with Crippen molar-refractivity contribution in [2.75, 3.05) is 13.1 Å². The lowest BCUT2D eigenvalue weighted by Gasteiger charge is -2.32. The highest BCUT2D eigenvalue weighted by molar-refractivity contribution is 5.88. The molecule has 1 aliphatic heterocycles. The third-order valence-corrected chi connectivity index (χ3v) is 4.57. The number of carbonyl (C=O) groups excluding carboxylic acids is 2. The first-order valence-electron chi connectivity index (χ1n) is 8.75. The molecule has 1 saturated heterocycles. The SMILES string of the molecule is C=CC(=O)N1CCCC(C(=O)NC(c2ccc(F)cc2)c2noc(C)n2)C1. The molecule has 1 aliphatic rings. The monoisotopic (exact) mass is 372 g/mol. The van der Waals surface area contributed by atoms with Crippen LogP contribution in [0, 0.1) is 18.7 Å². The van der Waals surface area contributed by atoms with E-state index < -0.39 is 6.04 Å². The highest BCUT2D eigenvalue weighted by atomic mass is 19.1. The molecular formula is C19H21FN4O3. The second kappa shape index (κ2) is 8.11. The molecule has 2 heterocycles. The molecule has 0 bridgehead atoms. The molecule has 2 unspecified atom stereocenters. The Kier molecular flexibility index (Phi) is 5.63. The Bertz CT molecular complexity index is 834. The van der Waals surface area contributed by atoms with E-state index in [9.17, 15) is 14.0 Å². The van der Waals surface area contributed by atoms with Gasteiger partial charge in [-0.2, -0.15) is 4.98 Å². The Morgan fingerprint density at radius 2 is 2.15 bits per heavy atom. The maximum Gasteiger partial charge on any atom is 0.245 e. The number of nitrogens with one attached hydrogen (secondary N) is 1. The number of rotatable bonds is 5. The summed E-state index contributed by atoms with van der Waals surface area (Å²) >= 11 is 0. The Morgan fingerprint density at radius 3 is 2.78 bits per heavy atom. The molecule has 2 atom stereocenters. The van der Waals surface area contributed by atoms with E-state index in [1.54, 1.807) is 24.0 Å². The smallest absolute Gasteiger partial charge is 0.245 e. The molecular weight excluding hydrogens is 351 g/mol. The minimum Gasteiger partial charge on any atom is -0.342 e. The number of benzene rings is 1. The number of likely N-dealkylation sites (tertiary alicyclic amines) is 1. The van der Waals surface area contributed by atoms with Gasteiger partial charge in [0, 0.05) is 20.0 Å². The van der Waals surface area contributed by atoms with Crippen LogP contribution in [0.4, 0.5) is 4.39 Å². The number of amides is 2. The van der Waals surface area contributed by atoms with Crippen LogP contribution in [0.5, 0.6) is 0 Å². The molecule has 1 fully saturated rings. The number of hydrogen-bond donors (Lipinski definition) is 1. The van der Waals surface area contributed by atoms with Gasteiger partial charge in [0.25, 0.3) is 0 Å². The van der Waals surface area contributed by atoms with Crippen LogP contribution in [-0.4, -0.2) is 39.9 Å². The van der Waals surface area contributed by atoms with Gasteiger partial charge in [0.15, 0.2) is 5.82 Å². The lowest BCUT2D eigenvalue weighted by atomic mass is 9.96. The zero-order valence-electron chi connectivity index (χ0n) is 15.0. The molecule has 0 spiro atoms. The van der Waals surface area contributed by atoms with Gasteiger partial charge >= 0.3 is 0 Å². The predicted octanol–water partition coefficient (Wildman–Crippen LogP) is 2.15. The van der Waals surface area contributed by atoms with E-state index in [0.29, 0.717) is 36.8 Å². The van der Waals surface area contributed by atoms with Gasteiger partial charge in [-0.1, -0.05) is 23.9 Å². The van der Waals surface area contributed by atoms with E-state index in [1.165, 1.54) is 18.2 Å². The quantitative estimate of drug-likeness (QED) is 0.813. The van der Waals surface area contributed by atoms with Crippen LogP contribution in [0.15, 0.2) is 41.4 Å². The average Bonchev–Trinajstić information content (AvgIpc) is 3.12. The van der Waals surface area contributed by atoms with Gasteiger partial charge < -0.3 is 14.7 Å². The first-order valence-corrected chi connectivity index (χ1v) is 8.75. The Morgan fingerprint density at radius 1 is 1.41 bits per heavy atom. The van der Waals surface area contributed by atoms with Gasteiger partial charge in [0.1, 0.15) is 11.9 Å². The summed E-state index contributed by atoms with van der Waals surface area (Å²) in [6.07, 6.45) is 2.66. The standard InChI is InChI=1S/C19H21FN4O3/c1-3-16(25)24-10-4-5-14(11-24)19(26)22-17(18-21-12(2)27-23-18)13-6-8-15(20)9-7-13/h3,6-9,14,17H,1,4-5,10-11H2,2H3,(H,22,26). The number of nitrogens with zero attached hydrogens (tertiary/aromatic N) is 3. The lowest BCUT2D eigenvalue weighted by Crippen LogP contribution is -2.45. The summed E-state index contributed by atoms with van der Waals surface area (Å²) < 4.78 is 18.3. The van der Waals surface area contributed by atoms with Crippen LogP contribution < -0.4 is 5.32 Å². The van der Waals surface area contributed by atoms with Crippen LogP contribution in [0.2, 0.25) is 0 Å². The fourth-order valence-electron chi connectivity index (χ4n) is 3.16. The van der Waals surface area contributed by atoms with Gasteiger partial charge in [0.2, 0.25) is 17.7 Å². The molecule has 142 valence electrons. The lowest BCUT2D eigenvalue weighted by molar-refractivity contribution is -0.132. The van der Waals surface area contributed by atoms with Crippen molar-refractivity contribution in [3.8, 4) is 0 Å². The van der Waals surface area contributed by atoms with Crippen molar-refractivity contribution in [2.24, 2.45) is 5.92 Å². The fourth-order valence-corrected chi connectivity index (χ4v) is 3.16. The Labute approximate surface area is 156 Å².